The Bertz CT molecular complexity index is 864. The highest BCUT2D eigenvalue weighted by molar-refractivity contribution is 7.12. The Hall–Kier alpha value is -2.37. The second-order valence-electron chi connectivity index (χ2n) is 5.35. The van der Waals surface area contributed by atoms with Gasteiger partial charge in [0.2, 0.25) is 0 Å². The maximum absolute atomic E-state index is 12.9. The van der Waals surface area contributed by atoms with Crippen LogP contribution in [0.25, 0.3) is 0 Å². The van der Waals surface area contributed by atoms with Crippen LogP contribution in [0.4, 0.5) is 4.39 Å². The third-order valence-electron chi connectivity index (χ3n) is 3.47. The molecule has 0 fully saturated rings. The lowest BCUT2D eigenvalue weighted by Gasteiger charge is -2.06. The van der Waals surface area contributed by atoms with Crippen molar-refractivity contribution in [2.45, 2.75) is 13.2 Å². The Kier molecular flexibility index (Phi) is 5.68. The summed E-state index contributed by atoms with van der Waals surface area (Å²) in [5, 5.41) is 5.25. The summed E-state index contributed by atoms with van der Waals surface area (Å²) in [6.45, 7) is 0.688. The number of amides is 1. The van der Waals surface area contributed by atoms with Gasteiger partial charge in [0.15, 0.2) is 0 Å². The molecule has 1 aromatic heterocycles. The average molecular weight is 376 g/mol. The largest absolute Gasteiger partial charge is 0.487 e. The number of para-hydroxylation sites is 1. The average Bonchev–Trinajstić information content (AvgIpc) is 3.09. The molecule has 2 aromatic carbocycles. The lowest BCUT2D eigenvalue weighted by Crippen LogP contribution is -2.21. The number of ether oxygens (including phenoxy) is 1. The molecule has 3 aromatic rings. The molecule has 3 rings (SSSR count). The fourth-order valence-corrected chi connectivity index (χ4v) is 3.17. The summed E-state index contributed by atoms with van der Waals surface area (Å²) in [6, 6.07) is 15.1. The zero-order valence-electron chi connectivity index (χ0n) is 13.2. The number of carbonyl (C=O) groups is 1. The van der Waals surface area contributed by atoms with Crippen LogP contribution in [-0.2, 0) is 13.2 Å². The molecule has 0 aliphatic carbocycles. The van der Waals surface area contributed by atoms with Crippen LogP contribution in [0.2, 0.25) is 5.02 Å². The number of nitrogens with one attached hydrogen (secondary N) is 1. The van der Waals surface area contributed by atoms with Crippen LogP contribution >= 0.6 is 22.9 Å². The van der Waals surface area contributed by atoms with Gasteiger partial charge in [0.05, 0.1) is 9.90 Å². The Morgan fingerprint density at radius 1 is 1.12 bits per heavy atom. The molecule has 0 radical (unpaired) electrons. The number of benzene rings is 2. The molecule has 1 amide bonds. The van der Waals surface area contributed by atoms with Crippen LogP contribution in [0.3, 0.4) is 0 Å². The predicted octanol–water partition coefficient (Wildman–Crippen LogP) is 5.05. The maximum atomic E-state index is 12.9. The van der Waals surface area contributed by atoms with Crippen molar-refractivity contribution in [1.82, 2.24) is 5.32 Å². The first kappa shape index (κ1) is 17.5. The van der Waals surface area contributed by atoms with E-state index in [9.17, 15) is 9.18 Å². The molecule has 1 heterocycles. The molecule has 3 nitrogen and oxygen atoms in total. The number of rotatable bonds is 6. The molecule has 128 valence electrons. The van der Waals surface area contributed by atoms with Crippen LogP contribution in [0.5, 0.6) is 5.75 Å². The molecular weight excluding hydrogens is 361 g/mol. The number of hydrogen-bond donors (Lipinski definition) is 1. The monoisotopic (exact) mass is 375 g/mol. The fourth-order valence-electron chi connectivity index (χ4n) is 2.16. The third-order valence-corrected chi connectivity index (χ3v) is 4.76. The summed E-state index contributed by atoms with van der Waals surface area (Å²) in [4.78, 5) is 12.8. The van der Waals surface area contributed by atoms with Gasteiger partial charge in [0.25, 0.3) is 5.91 Å². The lowest BCUT2D eigenvalue weighted by atomic mass is 10.2. The van der Waals surface area contributed by atoms with Gasteiger partial charge in [-0.3, -0.25) is 4.79 Å². The van der Waals surface area contributed by atoms with E-state index in [1.165, 1.54) is 23.5 Å². The van der Waals surface area contributed by atoms with E-state index in [-0.39, 0.29) is 11.7 Å². The summed E-state index contributed by atoms with van der Waals surface area (Å²) < 4.78 is 18.5. The van der Waals surface area contributed by atoms with Crippen molar-refractivity contribution >= 4 is 28.8 Å². The van der Waals surface area contributed by atoms with Crippen molar-refractivity contribution in [1.29, 1.82) is 0 Å². The van der Waals surface area contributed by atoms with Crippen LogP contribution in [0.1, 0.15) is 20.8 Å². The summed E-state index contributed by atoms with van der Waals surface area (Å²) >= 11 is 7.39. The van der Waals surface area contributed by atoms with E-state index in [0.29, 0.717) is 28.8 Å². The van der Waals surface area contributed by atoms with Gasteiger partial charge in [-0.05, 0) is 41.3 Å². The smallest absolute Gasteiger partial charge is 0.261 e. The topological polar surface area (TPSA) is 38.3 Å². The van der Waals surface area contributed by atoms with Crippen LogP contribution in [0, 0.1) is 5.82 Å². The van der Waals surface area contributed by atoms with E-state index in [1.807, 2.05) is 17.5 Å². The Balaban J connectivity index is 1.54. The lowest BCUT2D eigenvalue weighted by molar-refractivity contribution is 0.0955. The third kappa shape index (κ3) is 4.81. The molecular formula is C19H15ClFNO2S. The molecule has 0 spiro atoms. The minimum absolute atomic E-state index is 0.168. The Labute approximate surface area is 154 Å². The summed E-state index contributed by atoms with van der Waals surface area (Å²) in [5.41, 5.74) is 1.74. The van der Waals surface area contributed by atoms with E-state index in [1.54, 1.807) is 30.3 Å². The van der Waals surface area contributed by atoms with E-state index in [2.05, 4.69) is 5.32 Å². The highest BCUT2D eigenvalue weighted by atomic mass is 35.5. The Morgan fingerprint density at radius 3 is 2.64 bits per heavy atom. The molecule has 1 N–H and O–H groups in total. The zero-order valence-corrected chi connectivity index (χ0v) is 14.7. The molecule has 25 heavy (non-hydrogen) atoms. The highest BCUT2D eigenvalue weighted by Crippen LogP contribution is 2.25. The first-order valence-corrected chi connectivity index (χ1v) is 8.85. The summed E-state index contributed by atoms with van der Waals surface area (Å²) in [6.07, 6.45) is 0. The molecule has 0 unspecified atom stereocenters. The molecule has 0 aliphatic heterocycles. The van der Waals surface area contributed by atoms with Gasteiger partial charge in [-0.15, -0.1) is 11.3 Å². The minimum atomic E-state index is -0.295. The minimum Gasteiger partial charge on any atom is -0.487 e. The van der Waals surface area contributed by atoms with Gasteiger partial charge in [0.1, 0.15) is 18.2 Å². The number of thiophene rings is 1. The van der Waals surface area contributed by atoms with Crippen LogP contribution in [0.15, 0.2) is 60.0 Å². The molecule has 6 heteroatoms. The fraction of sp³-hybridized carbons (Fsp3) is 0.105. The molecule has 0 saturated heterocycles. The first-order valence-electron chi connectivity index (χ1n) is 7.59. The van der Waals surface area contributed by atoms with Crippen molar-refractivity contribution < 1.29 is 13.9 Å². The van der Waals surface area contributed by atoms with E-state index >= 15 is 0 Å². The van der Waals surface area contributed by atoms with Crippen molar-refractivity contribution in [2.24, 2.45) is 0 Å². The SMILES string of the molecule is O=C(NCc1ccc(F)cc1)c1cc(COc2ccccc2Cl)cs1. The normalized spacial score (nSPS) is 10.5. The van der Waals surface area contributed by atoms with E-state index < -0.39 is 0 Å². The summed E-state index contributed by atoms with van der Waals surface area (Å²) in [5.74, 6) is 0.146. The predicted molar refractivity (Wildman–Crippen MR) is 97.7 cm³/mol. The second-order valence-corrected chi connectivity index (χ2v) is 6.67. The molecule has 0 atom stereocenters. The first-order chi connectivity index (χ1) is 12.1. The van der Waals surface area contributed by atoms with Crippen molar-refractivity contribution in [3.63, 3.8) is 0 Å². The number of carbonyl (C=O) groups excluding carboxylic acids is 1. The highest BCUT2D eigenvalue weighted by Gasteiger charge is 2.10. The van der Waals surface area contributed by atoms with Crippen LogP contribution < -0.4 is 10.1 Å². The number of halogens is 2. The number of hydrogen-bond acceptors (Lipinski definition) is 3. The standard InChI is InChI=1S/C19H15ClFNO2S/c20-16-3-1-2-4-17(16)24-11-14-9-18(25-12-14)19(23)22-10-13-5-7-15(21)8-6-13/h1-9,12H,10-11H2,(H,22,23). The quantitative estimate of drug-likeness (QED) is 0.654. The second kappa shape index (κ2) is 8.14. The van der Waals surface area contributed by atoms with Crippen LogP contribution in [-0.4, -0.2) is 5.91 Å². The summed E-state index contributed by atoms with van der Waals surface area (Å²) in [7, 11) is 0. The Morgan fingerprint density at radius 2 is 1.88 bits per heavy atom. The van der Waals surface area contributed by atoms with Gasteiger partial charge in [-0.1, -0.05) is 35.9 Å². The molecule has 0 aliphatic rings. The van der Waals surface area contributed by atoms with Crippen molar-refractivity contribution in [3.05, 3.63) is 86.8 Å². The van der Waals surface area contributed by atoms with Gasteiger partial charge in [-0.25, -0.2) is 4.39 Å². The maximum Gasteiger partial charge on any atom is 0.261 e. The van der Waals surface area contributed by atoms with E-state index in [4.69, 9.17) is 16.3 Å². The molecule has 0 bridgehead atoms. The van der Waals surface area contributed by atoms with Crippen molar-refractivity contribution in [3.8, 4) is 5.75 Å². The van der Waals surface area contributed by atoms with E-state index in [0.717, 1.165) is 11.1 Å². The van der Waals surface area contributed by atoms with Crippen molar-refractivity contribution in [2.75, 3.05) is 0 Å². The van der Waals surface area contributed by atoms with Gasteiger partial charge in [0, 0.05) is 12.1 Å². The van der Waals surface area contributed by atoms with Gasteiger partial charge >= 0.3 is 0 Å². The molecule has 0 saturated carbocycles. The zero-order chi connectivity index (χ0) is 17.6. The van der Waals surface area contributed by atoms with Gasteiger partial charge < -0.3 is 10.1 Å². The van der Waals surface area contributed by atoms with Gasteiger partial charge in [-0.2, -0.15) is 0 Å².